The molecule has 0 unspecified atom stereocenters. The molecule has 2 aromatic carbocycles. The van der Waals surface area contributed by atoms with Crippen LogP contribution in [0.25, 0.3) is 21.8 Å². The van der Waals surface area contributed by atoms with Gasteiger partial charge in [-0.3, -0.25) is 4.79 Å². The minimum atomic E-state index is -0.480. The summed E-state index contributed by atoms with van der Waals surface area (Å²) in [5.74, 6) is -0.930. The summed E-state index contributed by atoms with van der Waals surface area (Å²) < 4.78 is 32.2. The third kappa shape index (κ3) is 4.52. The molecule has 0 aliphatic carbocycles. The average Bonchev–Trinajstić information content (AvgIpc) is 3.38. The molecule has 2 aromatic heterocycles. The largest absolute Gasteiger partial charge is 0.494 e. The molecule has 30 heavy (non-hydrogen) atoms. The van der Waals surface area contributed by atoms with Crippen molar-refractivity contribution in [3.63, 3.8) is 0 Å². The molecule has 1 amide bonds. The predicted octanol–water partition coefficient (Wildman–Crippen LogP) is 5.40. The SMILES string of the molecule is COc1ccc(-c2csc(NC(=O)Cc3csc(-c4cccc(F)c4)n3)n2)cc1F. The molecule has 0 aliphatic rings. The Bertz CT molecular complexity index is 1210. The Balaban J connectivity index is 1.41. The van der Waals surface area contributed by atoms with Gasteiger partial charge in [-0.05, 0) is 30.3 Å². The predicted molar refractivity (Wildman–Crippen MR) is 114 cm³/mol. The van der Waals surface area contributed by atoms with Gasteiger partial charge >= 0.3 is 0 Å². The fourth-order valence-electron chi connectivity index (χ4n) is 2.76. The molecule has 0 saturated carbocycles. The summed E-state index contributed by atoms with van der Waals surface area (Å²) in [5.41, 5.74) is 2.40. The lowest BCUT2D eigenvalue weighted by Gasteiger charge is -2.03. The van der Waals surface area contributed by atoms with Crippen LogP contribution >= 0.6 is 22.7 Å². The number of benzene rings is 2. The molecular formula is C21H15F2N3O2S2. The van der Waals surface area contributed by atoms with E-state index in [0.717, 1.165) is 0 Å². The van der Waals surface area contributed by atoms with Crippen molar-refractivity contribution in [2.45, 2.75) is 6.42 Å². The number of thiazole rings is 2. The standard InChI is InChI=1S/C21H15F2N3O2S2/c1-28-18-6-5-12(8-16(18)23)17-11-30-21(25-17)26-19(27)9-15-10-29-20(24-15)13-3-2-4-14(22)7-13/h2-8,10-11H,9H2,1H3,(H,25,26,27). The van der Waals surface area contributed by atoms with Gasteiger partial charge in [0.15, 0.2) is 16.7 Å². The van der Waals surface area contributed by atoms with Gasteiger partial charge in [-0.2, -0.15) is 0 Å². The van der Waals surface area contributed by atoms with Crippen molar-refractivity contribution in [3.05, 3.63) is 70.6 Å². The van der Waals surface area contributed by atoms with Crippen molar-refractivity contribution < 1.29 is 18.3 Å². The van der Waals surface area contributed by atoms with E-state index in [4.69, 9.17) is 4.74 Å². The number of ether oxygens (including phenoxy) is 1. The van der Waals surface area contributed by atoms with Crippen molar-refractivity contribution in [1.29, 1.82) is 0 Å². The highest BCUT2D eigenvalue weighted by molar-refractivity contribution is 7.14. The zero-order chi connectivity index (χ0) is 21.1. The van der Waals surface area contributed by atoms with Crippen LogP contribution in [0.4, 0.5) is 13.9 Å². The molecule has 4 aromatic rings. The second kappa shape index (κ2) is 8.68. The first kappa shape index (κ1) is 20.1. The van der Waals surface area contributed by atoms with Gasteiger partial charge in [0, 0.05) is 21.9 Å². The summed E-state index contributed by atoms with van der Waals surface area (Å²) in [5, 5.41) is 7.30. The van der Waals surface area contributed by atoms with Gasteiger partial charge in [-0.25, -0.2) is 18.7 Å². The van der Waals surface area contributed by atoms with E-state index in [1.54, 1.807) is 29.0 Å². The van der Waals surface area contributed by atoms with E-state index in [9.17, 15) is 13.6 Å². The maximum absolute atomic E-state index is 13.9. The lowest BCUT2D eigenvalue weighted by atomic mass is 10.1. The minimum absolute atomic E-state index is 0.0674. The summed E-state index contributed by atoms with van der Waals surface area (Å²) in [7, 11) is 1.40. The van der Waals surface area contributed by atoms with Gasteiger partial charge < -0.3 is 10.1 Å². The Morgan fingerprint density at radius 3 is 2.70 bits per heavy atom. The number of aromatic nitrogens is 2. The molecular weight excluding hydrogens is 428 g/mol. The summed E-state index contributed by atoms with van der Waals surface area (Å²) in [6.07, 6.45) is 0.0674. The fourth-order valence-corrected chi connectivity index (χ4v) is 4.31. The maximum Gasteiger partial charge on any atom is 0.232 e. The Kier molecular flexibility index (Phi) is 5.82. The van der Waals surface area contributed by atoms with Crippen LogP contribution in [0, 0.1) is 11.6 Å². The van der Waals surface area contributed by atoms with Gasteiger partial charge in [-0.1, -0.05) is 12.1 Å². The Morgan fingerprint density at radius 1 is 1.07 bits per heavy atom. The molecule has 9 heteroatoms. The highest BCUT2D eigenvalue weighted by atomic mass is 32.1. The molecule has 5 nitrogen and oxygen atoms in total. The normalized spacial score (nSPS) is 10.8. The van der Waals surface area contributed by atoms with E-state index in [1.807, 2.05) is 0 Å². The van der Waals surface area contributed by atoms with Gasteiger partial charge in [-0.15, -0.1) is 22.7 Å². The average molecular weight is 444 g/mol. The van der Waals surface area contributed by atoms with Gasteiger partial charge in [0.05, 0.1) is 24.9 Å². The first-order valence-electron chi connectivity index (χ1n) is 8.81. The first-order valence-corrected chi connectivity index (χ1v) is 10.6. The number of carbonyl (C=O) groups excluding carboxylic acids is 1. The monoisotopic (exact) mass is 443 g/mol. The number of hydrogen-bond donors (Lipinski definition) is 1. The van der Waals surface area contributed by atoms with Gasteiger partial charge in [0.2, 0.25) is 5.91 Å². The second-order valence-corrected chi connectivity index (χ2v) is 7.98. The van der Waals surface area contributed by atoms with E-state index in [0.29, 0.717) is 32.7 Å². The van der Waals surface area contributed by atoms with Crippen LogP contribution in [0.3, 0.4) is 0 Å². The summed E-state index contributed by atoms with van der Waals surface area (Å²) >= 11 is 2.60. The van der Waals surface area contributed by atoms with Crippen LogP contribution in [-0.2, 0) is 11.2 Å². The maximum atomic E-state index is 13.9. The summed E-state index contributed by atoms with van der Waals surface area (Å²) in [6, 6.07) is 10.7. The smallest absolute Gasteiger partial charge is 0.232 e. The number of hydrogen-bond acceptors (Lipinski definition) is 6. The number of carbonyl (C=O) groups is 1. The summed E-state index contributed by atoms with van der Waals surface area (Å²) in [4.78, 5) is 21.1. The number of nitrogens with one attached hydrogen (secondary N) is 1. The zero-order valence-electron chi connectivity index (χ0n) is 15.7. The molecule has 0 radical (unpaired) electrons. The molecule has 152 valence electrons. The Morgan fingerprint density at radius 2 is 1.93 bits per heavy atom. The van der Waals surface area contributed by atoms with E-state index < -0.39 is 5.82 Å². The molecule has 2 heterocycles. The second-order valence-electron chi connectivity index (χ2n) is 6.27. The van der Waals surface area contributed by atoms with E-state index in [-0.39, 0.29) is 23.9 Å². The van der Waals surface area contributed by atoms with Crippen molar-refractivity contribution in [3.8, 4) is 27.6 Å². The number of methoxy groups -OCH3 is 1. The number of nitrogens with zero attached hydrogens (tertiary/aromatic N) is 2. The van der Waals surface area contributed by atoms with E-state index in [1.165, 1.54) is 54.0 Å². The van der Waals surface area contributed by atoms with Crippen LogP contribution in [0.1, 0.15) is 5.69 Å². The minimum Gasteiger partial charge on any atom is -0.494 e. The first-order chi connectivity index (χ1) is 14.5. The molecule has 0 atom stereocenters. The van der Waals surface area contributed by atoms with Crippen molar-refractivity contribution in [1.82, 2.24) is 9.97 Å². The zero-order valence-corrected chi connectivity index (χ0v) is 17.3. The van der Waals surface area contributed by atoms with E-state index >= 15 is 0 Å². The third-order valence-electron chi connectivity index (χ3n) is 4.16. The van der Waals surface area contributed by atoms with Crippen LogP contribution in [0.15, 0.2) is 53.2 Å². The van der Waals surface area contributed by atoms with Crippen LogP contribution in [-0.4, -0.2) is 23.0 Å². The highest BCUT2D eigenvalue weighted by Crippen LogP contribution is 2.29. The number of rotatable bonds is 6. The lowest BCUT2D eigenvalue weighted by Crippen LogP contribution is -2.14. The Labute approximate surface area is 179 Å². The third-order valence-corrected chi connectivity index (χ3v) is 5.86. The number of anilines is 1. The molecule has 0 spiro atoms. The number of amides is 1. The van der Waals surface area contributed by atoms with Crippen LogP contribution in [0.5, 0.6) is 5.75 Å². The highest BCUT2D eigenvalue weighted by Gasteiger charge is 2.13. The molecule has 0 fully saturated rings. The molecule has 0 saturated heterocycles. The van der Waals surface area contributed by atoms with Crippen LogP contribution < -0.4 is 10.1 Å². The van der Waals surface area contributed by atoms with Gasteiger partial charge in [0.25, 0.3) is 0 Å². The quantitative estimate of drug-likeness (QED) is 0.433. The topological polar surface area (TPSA) is 64.1 Å². The number of halogens is 2. The molecule has 4 rings (SSSR count). The Hall–Kier alpha value is -3.17. The molecule has 1 N–H and O–H groups in total. The van der Waals surface area contributed by atoms with Gasteiger partial charge in [0.1, 0.15) is 10.8 Å². The lowest BCUT2D eigenvalue weighted by molar-refractivity contribution is -0.115. The summed E-state index contributed by atoms with van der Waals surface area (Å²) in [6.45, 7) is 0. The van der Waals surface area contributed by atoms with E-state index in [2.05, 4.69) is 15.3 Å². The van der Waals surface area contributed by atoms with Crippen LogP contribution in [0.2, 0.25) is 0 Å². The van der Waals surface area contributed by atoms with Crippen molar-refractivity contribution >= 4 is 33.7 Å². The van der Waals surface area contributed by atoms with Crippen molar-refractivity contribution in [2.75, 3.05) is 12.4 Å². The molecule has 0 bridgehead atoms. The fraction of sp³-hybridized carbons (Fsp3) is 0.0952. The van der Waals surface area contributed by atoms with Crippen molar-refractivity contribution in [2.24, 2.45) is 0 Å². The molecule has 0 aliphatic heterocycles.